The van der Waals surface area contributed by atoms with Gasteiger partial charge in [0.25, 0.3) is 0 Å². The summed E-state index contributed by atoms with van der Waals surface area (Å²) in [6, 6.07) is 15.0. The molecule has 9 heteroatoms. The lowest BCUT2D eigenvalue weighted by Gasteiger charge is -2.17. The SMILES string of the molecule is O=C(NC(Cc1cc(C(F)(F)F)cs1)C(=O)O)OCC1c2ccccc2-c2ccccc21. The molecule has 1 aliphatic rings. The first kappa shape index (κ1) is 21.9. The van der Waals surface area contributed by atoms with E-state index >= 15 is 0 Å². The highest BCUT2D eigenvalue weighted by atomic mass is 32.1. The molecule has 1 aliphatic carbocycles. The summed E-state index contributed by atoms with van der Waals surface area (Å²) >= 11 is 0.792. The van der Waals surface area contributed by atoms with Gasteiger partial charge in [0.15, 0.2) is 0 Å². The Balaban J connectivity index is 1.41. The number of hydrogen-bond acceptors (Lipinski definition) is 4. The number of carboxylic acid groups (broad SMARTS) is 1. The second kappa shape index (κ2) is 8.66. The third-order valence-corrected chi connectivity index (χ3v) is 6.28. The molecular weight excluding hydrogens is 443 g/mol. The molecule has 1 amide bonds. The zero-order valence-electron chi connectivity index (χ0n) is 16.6. The maximum Gasteiger partial charge on any atom is 0.417 e. The molecule has 0 saturated heterocycles. The van der Waals surface area contributed by atoms with Gasteiger partial charge in [0.2, 0.25) is 0 Å². The van der Waals surface area contributed by atoms with Crippen LogP contribution in [-0.4, -0.2) is 29.8 Å². The number of rotatable bonds is 6. The average molecular weight is 461 g/mol. The molecule has 2 N–H and O–H groups in total. The molecule has 0 bridgehead atoms. The molecule has 0 aliphatic heterocycles. The van der Waals surface area contributed by atoms with Crippen LogP contribution in [0.3, 0.4) is 0 Å². The minimum Gasteiger partial charge on any atom is -0.480 e. The molecule has 1 aromatic heterocycles. The summed E-state index contributed by atoms with van der Waals surface area (Å²) in [4.78, 5) is 24.1. The molecule has 5 nitrogen and oxygen atoms in total. The van der Waals surface area contributed by atoms with Gasteiger partial charge in [0, 0.05) is 22.6 Å². The Morgan fingerprint density at radius 1 is 1.06 bits per heavy atom. The molecule has 1 unspecified atom stereocenters. The number of ether oxygens (including phenoxy) is 1. The Bertz CT molecular complexity index is 1110. The van der Waals surface area contributed by atoms with Crippen molar-refractivity contribution >= 4 is 23.4 Å². The van der Waals surface area contributed by atoms with E-state index in [1.54, 1.807) is 0 Å². The largest absolute Gasteiger partial charge is 0.480 e. The third-order valence-electron chi connectivity index (χ3n) is 5.32. The van der Waals surface area contributed by atoms with Crippen molar-refractivity contribution in [1.29, 1.82) is 0 Å². The predicted octanol–water partition coefficient (Wildman–Crippen LogP) is 5.30. The summed E-state index contributed by atoms with van der Waals surface area (Å²) < 4.78 is 43.6. The average Bonchev–Trinajstić information content (AvgIpc) is 3.35. The number of carbonyl (C=O) groups is 2. The number of thiophene rings is 1. The summed E-state index contributed by atoms with van der Waals surface area (Å²) in [5.41, 5.74) is 3.28. The van der Waals surface area contributed by atoms with Crippen molar-refractivity contribution in [2.45, 2.75) is 24.6 Å². The van der Waals surface area contributed by atoms with Gasteiger partial charge >= 0.3 is 18.2 Å². The van der Waals surface area contributed by atoms with E-state index in [2.05, 4.69) is 5.32 Å². The lowest BCUT2D eigenvalue weighted by Crippen LogP contribution is -2.42. The Morgan fingerprint density at radius 3 is 2.19 bits per heavy atom. The van der Waals surface area contributed by atoms with Crippen molar-refractivity contribution in [3.63, 3.8) is 0 Å². The summed E-state index contributed by atoms with van der Waals surface area (Å²) in [7, 11) is 0. The molecule has 1 heterocycles. The van der Waals surface area contributed by atoms with E-state index in [4.69, 9.17) is 4.74 Å². The van der Waals surface area contributed by atoms with E-state index in [0.717, 1.165) is 45.0 Å². The van der Waals surface area contributed by atoms with Crippen LogP contribution in [0.2, 0.25) is 0 Å². The highest BCUT2D eigenvalue weighted by Crippen LogP contribution is 2.44. The standard InChI is InChI=1S/C23H18F3NO4S/c24-23(25,26)13-9-14(32-12-13)10-20(21(28)29)27-22(30)31-11-19-17-7-3-1-5-15(17)16-6-2-4-8-18(16)19/h1-9,12,19-20H,10-11H2,(H,27,30)(H,28,29). The highest BCUT2D eigenvalue weighted by Gasteiger charge is 2.33. The zero-order valence-corrected chi connectivity index (χ0v) is 17.4. The number of fused-ring (bicyclic) bond motifs is 3. The van der Waals surface area contributed by atoms with Crippen LogP contribution in [0.4, 0.5) is 18.0 Å². The first-order chi connectivity index (χ1) is 15.2. The number of carbonyl (C=O) groups excluding carboxylic acids is 1. The highest BCUT2D eigenvalue weighted by molar-refractivity contribution is 7.10. The maximum atomic E-state index is 12.8. The zero-order chi connectivity index (χ0) is 22.9. The lowest BCUT2D eigenvalue weighted by atomic mass is 9.98. The van der Waals surface area contributed by atoms with Gasteiger partial charge in [0.05, 0.1) is 5.56 Å². The molecule has 0 saturated carbocycles. The molecule has 0 radical (unpaired) electrons. The van der Waals surface area contributed by atoms with E-state index < -0.39 is 29.8 Å². The minimum atomic E-state index is -4.51. The molecule has 4 rings (SSSR count). The quantitative estimate of drug-likeness (QED) is 0.522. The molecule has 0 spiro atoms. The number of aliphatic carboxylic acids is 1. The second-order valence-corrected chi connectivity index (χ2v) is 8.36. The summed E-state index contributed by atoms with van der Waals surface area (Å²) in [6.07, 6.45) is -5.72. The van der Waals surface area contributed by atoms with Crippen molar-refractivity contribution in [2.24, 2.45) is 0 Å². The molecule has 2 aromatic carbocycles. The number of nitrogens with one attached hydrogen (secondary N) is 1. The fourth-order valence-electron chi connectivity index (χ4n) is 3.82. The summed E-state index contributed by atoms with van der Waals surface area (Å²) in [5, 5.41) is 12.6. The van der Waals surface area contributed by atoms with Crippen LogP contribution in [0.25, 0.3) is 11.1 Å². The second-order valence-electron chi connectivity index (χ2n) is 7.36. The molecule has 0 fully saturated rings. The van der Waals surface area contributed by atoms with E-state index in [0.29, 0.717) is 0 Å². The van der Waals surface area contributed by atoms with Crippen molar-refractivity contribution in [3.05, 3.63) is 81.5 Å². The van der Waals surface area contributed by atoms with Crippen LogP contribution in [0, 0.1) is 0 Å². The van der Waals surface area contributed by atoms with E-state index in [1.807, 2.05) is 48.5 Å². The fraction of sp³-hybridized carbons (Fsp3) is 0.217. The molecule has 3 aromatic rings. The van der Waals surface area contributed by atoms with Crippen LogP contribution < -0.4 is 5.32 Å². The maximum absolute atomic E-state index is 12.8. The smallest absolute Gasteiger partial charge is 0.417 e. The lowest BCUT2D eigenvalue weighted by molar-refractivity contribution is -0.139. The Morgan fingerprint density at radius 2 is 1.66 bits per heavy atom. The van der Waals surface area contributed by atoms with E-state index in [1.165, 1.54) is 0 Å². The number of halogens is 3. The van der Waals surface area contributed by atoms with Crippen LogP contribution >= 0.6 is 11.3 Å². The number of alkyl halides is 3. The molecule has 32 heavy (non-hydrogen) atoms. The van der Waals surface area contributed by atoms with Gasteiger partial charge < -0.3 is 15.2 Å². The normalized spacial score (nSPS) is 13.8. The van der Waals surface area contributed by atoms with Crippen molar-refractivity contribution in [2.75, 3.05) is 6.61 Å². The first-order valence-corrected chi connectivity index (χ1v) is 10.6. The van der Waals surface area contributed by atoms with Crippen LogP contribution in [-0.2, 0) is 22.1 Å². The summed E-state index contributed by atoms with van der Waals surface area (Å²) in [6.45, 7) is 0.00340. The molecule has 166 valence electrons. The number of carboxylic acids is 1. The van der Waals surface area contributed by atoms with Gasteiger partial charge in [-0.1, -0.05) is 48.5 Å². The third kappa shape index (κ3) is 4.47. The number of alkyl carbamates (subject to hydrolysis) is 1. The first-order valence-electron chi connectivity index (χ1n) is 9.73. The van der Waals surface area contributed by atoms with Gasteiger partial charge in [-0.05, 0) is 28.3 Å². The Kier molecular flexibility index (Phi) is 5.92. The van der Waals surface area contributed by atoms with E-state index in [9.17, 15) is 27.9 Å². The van der Waals surface area contributed by atoms with Gasteiger partial charge in [-0.25, -0.2) is 9.59 Å². The van der Waals surface area contributed by atoms with Crippen LogP contribution in [0.1, 0.15) is 27.5 Å². The van der Waals surface area contributed by atoms with Gasteiger partial charge in [-0.2, -0.15) is 13.2 Å². The topological polar surface area (TPSA) is 75.6 Å². The minimum absolute atomic E-state index is 0.00340. The Hall–Kier alpha value is -3.33. The van der Waals surface area contributed by atoms with Gasteiger partial charge in [0.1, 0.15) is 12.6 Å². The van der Waals surface area contributed by atoms with Crippen molar-refractivity contribution in [3.8, 4) is 11.1 Å². The molecular formula is C23H18F3NO4S. The fourth-order valence-corrected chi connectivity index (χ4v) is 4.76. The van der Waals surface area contributed by atoms with E-state index in [-0.39, 0.29) is 23.8 Å². The molecule has 1 atom stereocenters. The number of hydrogen-bond donors (Lipinski definition) is 2. The van der Waals surface area contributed by atoms with Gasteiger partial charge in [-0.3, -0.25) is 0 Å². The summed E-state index contributed by atoms with van der Waals surface area (Å²) in [5.74, 6) is -1.55. The van der Waals surface area contributed by atoms with Crippen molar-refractivity contribution < 1.29 is 32.6 Å². The van der Waals surface area contributed by atoms with Crippen LogP contribution in [0.15, 0.2) is 60.0 Å². The van der Waals surface area contributed by atoms with Crippen molar-refractivity contribution in [1.82, 2.24) is 5.32 Å². The van der Waals surface area contributed by atoms with Crippen LogP contribution in [0.5, 0.6) is 0 Å². The number of benzene rings is 2. The monoisotopic (exact) mass is 461 g/mol. The number of amides is 1. The van der Waals surface area contributed by atoms with Gasteiger partial charge in [-0.15, -0.1) is 11.3 Å². The predicted molar refractivity (Wildman–Crippen MR) is 113 cm³/mol. The Labute approximate surface area is 185 Å².